The minimum Gasteiger partial charge on any atom is -0.257 e. The second kappa shape index (κ2) is 5.88. The van der Waals surface area contributed by atoms with Gasteiger partial charge in [-0.05, 0) is 61.3 Å². The van der Waals surface area contributed by atoms with Crippen LogP contribution in [0.4, 0.5) is 4.39 Å². The average Bonchev–Trinajstić information content (AvgIpc) is 3.54. The number of alkyl halides is 1. The molecule has 2 aliphatic rings. The number of nitrogens with zero attached hydrogens (tertiary/aromatic N) is 3. The Kier molecular flexibility index (Phi) is 3.60. The topological polar surface area (TPSA) is 47.8 Å². The van der Waals surface area contributed by atoms with Crippen molar-refractivity contribution >= 4 is 22.5 Å². The Bertz CT molecular complexity index is 1080. The van der Waals surface area contributed by atoms with Crippen LogP contribution in [0, 0.1) is 5.92 Å². The molecule has 2 heterocycles. The maximum absolute atomic E-state index is 13.4. The zero-order valence-corrected chi connectivity index (χ0v) is 14.8. The highest BCUT2D eigenvalue weighted by molar-refractivity contribution is 6.31. The zero-order chi connectivity index (χ0) is 17.8. The highest BCUT2D eigenvalue weighted by atomic mass is 35.5. The van der Waals surface area contributed by atoms with Crippen LogP contribution in [0.15, 0.2) is 41.3 Å². The molecule has 0 radical (unpaired) electrons. The van der Waals surface area contributed by atoms with Gasteiger partial charge in [0.25, 0.3) is 0 Å². The minimum absolute atomic E-state index is 0.0222. The first kappa shape index (κ1) is 15.9. The number of benzene rings is 1. The number of hydrogen-bond donors (Lipinski definition) is 0. The molecule has 2 aromatic heterocycles. The molecule has 132 valence electrons. The Balaban J connectivity index is 1.76. The normalized spacial score (nSPS) is 21.9. The molecule has 6 heteroatoms. The Labute approximate surface area is 154 Å². The number of fused-ring (bicyclic) bond motifs is 1. The summed E-state index contributed by atoms with van der Waals surface area (Å²) in [5, 5.41) is 1.14. The van der Waals surface area contributed by atoms with Crippen LogP contribution in [-0.4, -0.2) is 20.7 Å². The standard InChI is InChI=1S/C20H17ClFN3O/c21-19-17(2-1-7-23-19)25-18-10-12(11-3-4-11)5-6-14(18)16(24-20(25)26)9-13-8-15(13)22/h1-2,5-7,10-11,13,15H,3-4,8-9H2/t13-,15-/m1/s1. The summed E-state index contributed by atoms with van der Waals surface area (Å²) in [5.41, 5.74) is 2.79. The fourth-order valence-corrected chi connectivity index (χ4v) is 3.78. The summed E-state index contributed by atoms with van der Waals surface area (Å²) in [6, 6.07) is 9.68. The van der Waals surface area contributed by atoms with Crippen LogP contribution in [0.5, 0.6) is 0 Å². The number of halogens is 2. The van der Waals surface area contributed by atoms with Crippen molar-refractivity contribution < 1.29 is 4.39 Å². The number of hydrogen-bond acceptors (Lipinski definition) is 3. The summed E-state index contributed by atoms with van der Waals surface area (Å²) in [6.07, 6.45) is 4.22. The second-order valence-electron chi connectivity index (χ2n) is 7.26. The van der Waals surface area contributed by atoms with Gasteiger partial charge in [-0.25, -0.2) is 14.2 Å². The van der Waals surface area contributed by atoms with Gasteiger partial charge in [0.2, 0.25) is 0 Å². The highest BCUT2D eigenvalue weighted by Crippen LogP contribution is 2.42. The van der Waals surface area contributed by atoms with Gasteiger partial charge in [-0.3, -0.25) is 4.57 Å². The van der Waals surface area contributed by atoms with Crippen LogP contribution in [0.1, 0.15) is 36.4 Å². The van der Waals surface area contributed by atoms with E-state index in [4.69, 9.17) is 11.6 Å². The van der Waals surface area contributed by atoms with E-state index in [1.807, 2.05) is 6.07 Å². The van der Waals surface area contributed by atoms with Crippen molar-refractivity contribution in [1.82, 2.24) is 14.5 Å². The van der Waals surface area contributed by atoms with Gasteiger partial charge in [0.1, 0.15) is 6.17 Å². The van der Waals surface area contributed by atoms with Gasteiger partial charge < -0.3 is 0 Å². The molecule has 0 amide bonds. The molecule has 4 nitrogen and oxygen atoms in total. The van der Waals surface area contributed by atoms with E-state index in [1.54, 1.807) is 18.3 Å². The van der Waals surface area contributed by atoms with Crippen LogP contribution in [0.25, 0.3) is 16.6 Å². The van der Waals surface area contributed by atoms with Gasteiger partial charge in [-0.2, -0.15) is 4.98 Å². The molecular formula is C20H17ClFN3O. The maximum Gasteiger partial charge on any atom is 0.352 e. The third-order valence-electron chi connectivity index (χ3n) is 5.32. The maximum atomic E-state index is 13.4. The van der Waals surface area contributed by atoms with Crippen LogP contribution in [0.3, 0.4) is 0 Å². The van der Waals surface area contributed by atoms with Gasteiger partial charge >= 0.3 is 5.69 Å². The first-order chi connectivity index (χ1) is 12.6. The van der Waals surface area contributed by atoms with Crippen molar-refractivity contribution in [1.29, 1.82) is 0 Å². The number of rotatable bonds is 4. The van der Waals surface area contributed by atoms with Crippen LogP contribution in [0.2, 0.25) is 5.15 Å². The fraction of sp³-hybridized carbons (Fsp3) is 0.350. The molecular weight excluding hydrogens is 353 g/mol. The number of pyridine rings is 1. The van der Waals surface area contributed by atoms with Crippen LogP contribution >= 0.6 is 11.6 Å². The molecule has 2 fully saturated rings. The predicted molar refractivity (Wildman–Crippen MR) is 98.8 cm³/mol. The van der Waals surface area contributed by atoms with Crippen LogP contribution in [-0.2, 0) is 6.42 Å². The lowest BCUT2D eigenvalue weighted by molar-refractivity contribution is 0.444. The van der Waals surface area contributed by atoms with E-state index in [0.717, 1.165) is 10.9 Å². The lowest BCUT2D eigenvalue weighted by Crippen LogP contribution is -2.24. The van der Waals surface area contributed by atoms with E-state index in [1.165, 1.54) is 23.0 Å². The van der Waals surface area contributed by atoms with E-state index in [2.05, 4.69) is 22.1 Å². The molecule has 2 saturated carbocycles. The molecule has 0 saturated heterocycles. The van der Waals surface area contributed by atoms with E-state index in [9.17, 15) is 9.18 Å². The lowest BCUT2D eigenvalue weighted by atomic mass is 10.0. The van der Waals surface area contributed by atoms with E-state index in [-0.39, 0.29) is 11.1 Å². The molecule has 26 heavy (non-hydrogen) atoms. The summed E-state index contributed by atoms with van der Waals surface area (Å²) in [6.45, 7) is 0. The summed E-state index contributed by atoms with van der Waals surface area (Å²) in [5.74, 6) is 0.536. The van der Waals surface area contributed by atoms with Gasteiger partial charge in [0.15, 0.2) is 5.15 Å². The Morgan fingerprint density at radius 1 is 1.27 bits per heavy atom. The van der Waals surface area contributed by atoms with Crippen molar-refractivity contribution in [3.63, 3.8) is 0 Å². The van der Waals surface area contributed by atoms with Crippen LogP contribution < -0.4 is 5.69 Å². The first-order valence-corrected chi connectivity index (χ1v) is 9.30. The van der Waals surface area contributed by atoms with Gasteiger partial charge in [-0.15, -0.1) is 0 Å². The fourth-order valence-electron chi connectivity index (χ4n) is 3.58. The number of aromatic nitrogens is 3. The molecule has 1 aromatic carbocycles. The smallest absolute Gasteiger partial charge is 0.257 e. The Hall–Kier alpha value is -2.27. The quantitative estimate of drug-likeness (QED) is 0.647. The Morgan fingerprint density at radius 3 is 2.77 bits per heavy atom. The Morgan fingerprint density at radius 2 is 2.08 bits per heavy atom. The monoisotopic (exact) mass is 369 g/mol. The largest absolute Gasteiger partial charge is 0.352 e. The van der Waals surface area contributed by atoms with E-state index >= 15 is 0 Å². The molecule has 5 rings (SSSR count). The zero-order valence-electron chi connectivity index (χ0n) is 14.0. The van der Waals surface area contributed by atoms with Crippen molar-refractivity contribution in [2.75, 3.05) is 0 Å². The molecule has 0 bridgehead atoms. The lowest BCUT2D eigenvalue weighted by Gasteiger charge is -2.14. The summed E-state index contributed by atoms with van der Waals surface area (Å²) >= 11 is 6.25. The third kappa shape index (κ3) is 2.71. The van der Waals surface area contributed by atoms with E-state index < -0.39 is 11.9 Å². The molecule has 2 aliphatic carbocycles. The van der Waals surface area contributed by atoms with Gasteiger partial charge in [0, 0.05) is 11.6 Å². The average molecular weight is 370 g/mol. The molecule has 0 spiro atoms. The van der Waals surface area contributed by atoms with Gasteiger partial charge in [-0.1, -0.05) is 23.7 Å². The van der Waals surface area contributed by atoms with Crippen molar-refractivity contribution in [3.8, 4) is 5.69 Å². The summed E-state index contributed by atoms with van der Waals surface area (Å²) in [4.78, 5) is 21.2. The third-order valence-corrected chi connectivity index (χ3v) is 5.61. The predicted octanol–water partition coefficient (Wildman–Crippen LogP) is 4.21. The molecule has 0 aliphatic heterocycles. The summed E-state index contributed by atoms with van der Waals surface area (Å²) < 4.78 is 14.9. The minimum atomic E-state index is -0.771. The first-order valence-electron chi connectivity index (χ1n) is 8.92. The highest BCUT2D eigenvalue weighted by Gasteiger charge is 2.38. The second-order valence-corrected chi connectivity index (χ2v) is 7.61. The SMILES string of the molecule is O=c1nc(C[C@H]2C[C@H]2F)c2ccc(C3CC3)cc2n1-c1cccnc1Cl. The van der Waals surface area contributed by atoms with Gasteiger partial charge in [0.05, 0.1) is 16.9 Å². The molecule has 3 aromatic rings. The van der Waals surface area contributed by atoms with E-state index in [0.29, 0.717) is 30.1 Å². The van der Waals surface area contributed by atoms with Crippen molar-refractivity contribution in [2.45, 2.75) is 37.8 Å². The molecule has 2 atom stereocenters. The summed E-state index contributed by atoms with van der Waals surface area (Å²) in [7, 11) is 0. The molecule has 0 N–H and O–H groups in total. The van der Waals surface area contributed by atoms with Crippen molar-refractivity contribution in [3.05, 3.63) is 63.4 Å². The molecule has 0 unspecified atom stereocenters. The van der Waals surface area contributed by atoms with Crippen molar-refractivity contribution in [2.24, 2.45) is 5.92 Å².